The number of thiophene rings is 1. The monoisotopic (exact) mass is 424 g/mol. The van der Waals surface area contributed by atoms with Gasteiger partial charge in [0.2, 0.25) is 10.0 Å². The second-order valence-corrected chi connectivity index (χ2v) is 8.91. The van der Waals surface area contributed by atoms with E-state index < -0.39 is 10.0 Å². The van der Waals surface area contributed by atoms with Crippen LogP contribution in [0.1, 0.15) is 4.88 Å². The third kappa shape index (κ3) is 3.79. The molecule has 0 bridgehead atoms. The Morgan fingerprint density at radius 3 is 2.58 bits per heavy atom. The van der Waals surface area contributed by atoms with Crippen LogP contribution in [0.3, 0.4) is 0 Å². The molecule has 1 aromatic carbocycles. The van der Waals surface area contributed by atoms with E-state index >= 15 is 0 Å². The summed E-state index contributed by atoms with van der Waals surface area (Å²) in [7, 11) is -3.62. The Balaban J connectivity index is 2.20. The molecule has 2 aromatic rings. The van der Waals surface area contributed by atoms with E-state index in [0.717, 1.165) is 8.66 Å². The number of rotatable bonds is 4. The van der Waals surface area contributed by atoms with Gasteiger partial charge < -0.3 is 5.73 Å². The number of nitrogens with two attached hydrogens (primary N) is 1. The van der Waals surface area contributed by atoms with E-state index in [0.29, 0.717) is 4.47 Å². The lowest BCUT2D eigenvalue weighted by molar-refractivity contribution is 0.582. The minimum absolute atomic E-state index is 0.0810. The molecule has 3 N–H and O–H groups in total. The van der Waals surface area contributed by atoms with Crippen molar-refractivity contribution in [2.75, 3.05) is 5.73 Å². The number of nitrogen functional groups attached to an aromatic ring is 1. The lowest BCUT2D eigenvalue weighted by Crippen LogP contribution is -2.23. The number of anilines is 1. The van der Waals surface area contributed by atoms with Gasteiger partial charge in [0.25, 0.3) is 0 Å². The van der Waals surface area contributed by atoms with Crippen LogP contribution in [-0.2, 0) is 16.6 Å². The number of nitrogens with one attached hydrogen (secondary N) is 1. The molecule has 0 saturated carbocycles. The Morgan fingerprint density at radius 1 is 1.21 bits per heavy atom. The second-order valence-electron chi connectivity index (χ2n) is 3.71. The van der Waals surface area contributed by atoms with Gasteiger partial charge >= 0.3 is 0 Å². The zero-order chi connectivity index (χ0) is 14.0. The summed E-state index contributed by atoms with van der Waals surface area (Å²) >= 11 is 8.05. The van der Waals surface area contributed by atoms with E-state index in [4.69, 9.17) is 5.73 Å². The number of benzene rings is 1. The molecule has 0 aliphatic rings. The summed E-state index contributed by atoms with van der Waals surface area (Å²) in [6.45, 7) is 0.241. The maximum Gasteiger partial charge on any atom is 0.242 e. The molecule has 19 heavy (non-hydrogen) atoms. The molecule has 0 fully saturated rings. The van der Waals surface area contributed by atoms with Crippen LogP contribution >= 0.6 is 43.2 Å². The van der Waals surface area contributed by atoms with Gasteiger partial charge in [-0.3, -0.25) is 0 Å². The highest BCUT2D eigenvalue weighted by Crippen LogP contribution is 2.25. The molecular weight excluding hydrogens is 416 g/mol. The summed E-state index contributed by atoms with van der Waals surface area (Å²) in [5.74, 6) is 0. The van der Waals surface area contributed by atoms with Crippen LogP contribution in [0, 0.1) is 0 Å². The Bertz CT molecular complexity index is 698. The first kappa shape index (κ1) is 15.0. The van der Waals surface area contributed by atoms with Crippen LogP contribution in [0.15, 0.2) is 43.5 Å². The summed E-state index contributed by atoms with van der Waals surface area (Å²) in [6, 6.07) is 8.48. The van der Waals surface area contributed by atoms with Crippen molar-refractivity contribution in [2.45, 2.75) is 11.4 Å². The number of hydrogen-bond acceptors (Lipinski definition) is 4. The molecule has 0 spiro atoms. The molecule has 0 aliphatic carbocycles. The summed E-state index contributed by atoms with van der Waals surface area (Å²) in [5, 5.41) is 0. The molecule has 2 rings (SSSR count). The SMILES string of the molecule is Nc1ccc(Br)cc1S(=O)(=O)NCc1ccc(Br)s1. The van der Waals surface area contributed by atoms with Gasteiger partial charge in [-0.15, -0.1) is 11.3 Å². The maximum atomic E-state index is 12.2. The fourth-order valence-corrected chi connectivity index (χ4v) is 4.62. The first-order valence-corrected chi connectivity index (χ1v) is 9.06. The molecule has 8 heteroatoms. The molecule has 0 atom stereocenters. The lowest BCUT2D eigenvalue weighted by Gasteiger charge is -2.08. The van der Waals surface area contributed by atoms with Crippen LogP contribution in [0.4, 0.5) is 5.69 Å². The van der Waals surface area contributed by atoms with Crippen molar-refractivity contribution < 1.29 is 8.42 Å². The van der Waals surface area contributed by atoms with E-state index in [2.05, 4.69) is 36.6 Å². The standard InChI is InChI=1S/C11H10Br2N2O2S2/c12-7-1-3-9(14)10(5-7)19(16,17)15-6-8-2-4-11(13)18-8/h1-5,15H,6,14H2. The van der Waals surface area contributed by atoms with Crippen molar-refractivity contribution >= 4 is 58.9 Å². The van der Waals surface area contributed by atoms with Crippen LogP contribution in [0.2, 0.25) is 0 Å². The van der Waals surface area contributed by atoms with Crippen LogP contribution in [-0.4, -0.2) is 8.42 Å². The Morgan fingerprint density at radius 2 is 1.95 bits per heavy atom. The average Bonchev–Trinajstić information content (AvgIpc) is 2.76. The molecule has 102 valence electrons. The topological polar surface area (TPSA) is 72.2 Å². The molecule has 0 radical (unpaired) electrons. The van der Waals surface area contributed by atoms with E-state index in [-0.39, 0.29) is 17.1 Å². The van der Waals surface area contributed by atoms with E-state index in [1.165, 1.54) is 17.4 Å². The molecule has 1 heterocycles. The number of sulfonamides is 1. The Labute approximate surface area is 132 Å². The van der Waals surface area contributed by atoms with Crippen molar-refractivity contribution in [3.8, 4) is 0 Å². The number of halogens is 2. The fraction of sp³-hybridized carbons (Fsp3) is 0.0909. The first-order chi connectivity index (χ1) is 8.88. The largest absolute Gasteiger partial charge is 0.398 e. The quantitative estimate of drug-likeness (QED) is 0.737. The lowest BCUT2D eigenvalue weighted by atomic mass is 10.3. The highest BCUT2D eigenvalue weighted by Gasteiger charge is 2.17. The normalized spacial score (nSPS) is 11.7. The van der Waals surface area contributed by atoms with Gasteiger partial charge in [-0.1, -0.05) is 15.9 Å². The van der Waals surface area contributed by atoms with Gasteiger partial charge in [-0.05, 0) is 46.3 Å². The fourth-order valence-electron chi connectivity index (χ4n) is 1.43. The maximum absolute atomic E-state index is 12.2. The predicted octanol–water partition coefficient (Wildman–Crippen LogP) is 3.33. The van der Waals surface area contributed by atoms with E-state index in [9.17, 15) is 8.42 Å². The second kappa shape index (κ2) is 5.92. The van der Waals surface area contributed by atoms with Crippen LogP contribution in [0.5, 0.6) is 0 Å². The molecule has 0 aliphatic heterocycles. The minimum atomic E-state index is -3.62. The van der Waals surface area contributed by atoms with Gasteiger partial charge in [0, 0.05) is 15.9 Å². The zero-order valence-electron chi connectivity index (χ0n) is 9.56. The molecular formula is C11H10Br2N2O2S2. The van der Waals surface area contributed by atoms with Crippen molar-refractivity contribution in [1.29, 1.82) is 0 Å². The van der Waals surface area contributed by atoms with Crippen molar-refractivity contribution in [3.05, 3.63) is 43.5 Å². The van der Waals surface area contributed by atoms with Crippen molar-refractivity contribution in [3.63, 3.8) is 0 Å². The third-order valence-electron chi connectivity index (χ3n) is 2.33. The average molecular weight is 426 g/mol. The molecule has 0 amide bonds. The summed E-state index contributed by atoms with van der Waals surface area (Å²) in [5.41, 5.74) is 5.93. The van der Waals surface area contributed by atoms with Gasteiger partial charge in [-0.25, -0.2) is 13.1 Å². The van der Waals surface area contributed by atoms with Crippen molar-refractivity contribution in [2.24, 2.45) is 0 Å². The van der Waals surface area contributed by atoms with Gasteiger partial charge in [0.15, 0.2) is 0 Å². The van der Waals surface area contributed by atoms with Gasteiger partial charge in [0.05, 0.1) is 9.47 Å². The van der Waals surface area contributed by atoms with Gasteiger partial charge in [0.1, 0.15) is 4.90 Å². The van der Waals surface area contributed by atoms with Crippen LogP contribution < -0.4 is 10.5 Å². The van der Waals surface area contributed by atoms with E-state index in [1.54, 1.807) is 12.1 Å². The van der Waals surface area contributed by atoms with E-state index in [1.807, 2.05) is 12.1 Å². The summed E-state index contributed by atoms with van der Waals surface area (Å²) in [6.07, 6.45) is 0. The van der Waals surface area contributed by atoms with Gasteiger partial charge in [-0.2, -0.15) is 0 Å². The molecule has 0 unspecified atom stereocenters. The predicted molar refractivity (Wildman–Crippen MR) is 84.6 cm³/mol. The zero-order valence-corrected chi connectivity index (χ0v) is 14.4. The smallest absolute Gasteiger partial charge is 0.242 e. The highest BCUT2D eigenvalue weighted by atomic mass is 79.9. The molecule has 1 aromatic heterocycles. The number of hydrogen-bond donors (Lipinski definition) is 2. The minimum Gasteiger partial charge on any atom is -0.398 e. The van der Waals surface area contributed by atoms with Crippen molar-refractivity contribution in [1.82, 2.24) is 4.72 Å². The third-order valence-corrected chi connectivity index (χ3v) is 5.90. The Kier molecular flexibility index (Phi) is 4.67. The Hall–Kier alpha value is -0.410. The molecule has 4 nitrogen and oxygen atoms in total. The highest BCUT2D eigenvalue weighted by molar-refractivity contribution is 9.11. The summed E-state index contributed by atoms with van der Waals surface area (Å²) < 4.78 is 28.5. The molecule has 0 saturated heterocycles. The first-order valence-electron chi connectivity index (χ1n) is 5.17. The summed E-state index contributed by atoms with van der Waals surface area (Å²) in [4.78, 5) is 1.00. The van der Waals surface area contributed by atoms with Crippen LogP contribution in [0.25, 0.3) is 0 Å².